The van der Waals surface area contributed by atoms with Crippen molar-refractivity contribution in [3.8, 4) is 11.4 Å². The van der Waals surface area contributed by atoms with Gasteiger partial charge in [0.1, 0.15) is 23.2 Å². The lowest BCUT2D eigenvalue weighted by Gasteiger charge is -2.28. The molecule has 15 heteroatoms. The molecule has 0 amide bonds. The van der Waals surface area contributed by atoms with Gasteiger partial charge in [0.2, 0.25) is 10.0 Å². The molecule has 3 aromatic carbocycles. The first-order valence-corrected chi connectivity index (χ1v) is 18.4. The second-order valence-corrected chi connectivity index (χ2v) is 16.5. The van der Waals surface area contributed by atoms with Crippen molar-refractivity contribution in [3.63, 3.8) is 0 Å². The fraction of sp³-hybridized carbons (Fsp3) is 0.371. The van der Waals surface area contributed by atoms with E-state index in [2.05, 4.69) is 4.98 Å². The maximum absolute atomic E-state index is 15.6. The molecule has 0 saturated heterocycles. The lowest BCUT2D eigenvalue weighted by molar-refractivity contribution is -0.870. The number of hydrogen-bond donors (Lipinski definition) is 0. The monoisotopic (exact) mass is 752 g/mol. The average Bonchev–Trinajstić information content (AvgIpc) is 3.46. The summed E-state index contributed by atoms with van der Waals surface area (Å²) >= 11 is 7.28. The van der Waals surface area contributed by atoms with E-state index in [-0.39, 0.29) is 17.9 Å². The molecule has 0 fully saturated rings. The number of aliphatic carboxylic acids is 1. The molecular weight excluding hydrogens is 713 g/mol. The van der Waals surface area contributed by atoms with E-state index in [0.717, 1.165) is 33.8 Å². The summed E-state index contributed by atoms with van der Waals surface area (Å²) in [6, 6.07) is 12.6. The number of thioether (sulfide) groups is 1. The van der Waals surface area contributed by atoms with Crippen LogP contribution in [0, 0.1) is 17.5 Å². The molecular formula is C35H40ClF3N4O5S2. The number of carboxylic acids is 1. The van der Waals surface area contributed by atoms with E-state index in [0.29, 0.717) is 44.8 Å². The first-order chi connectivity index (χ1) is 23.3. The highest BCUT2D eigenvalue weighted by atomic mass is 35.5. The molecule has 1 heterocycles. The number of carbonyl (C=O) groups is 1. The van der Waals surface area contributed by atoms with Gasteiger partial charge >= 0.3 is 0 Å². The van der Waals surface area contributed by atoms with Crippen LogP contribution in [0.2, 0.25) is 5.02 Å². The van der Waals surface area contributed by atoms with Crippen LogP contribution in [0.1, 0.15) is 43.5 Å². The van der Waals surface area contributed by atoms with Gasteiger partial charge in [0.15, 0.2) is 5.16 Å². The van der Waals surface area contributed by atoms with E-state index in [1.807, 2.05) is 41.1 Å². The largest absolute Gasteiger partial charge is 0.550 e. The number of hydrogen-bond acceptors (Lipinski definition) is 7. The minimum atomic E-state index is -4.45. The molecule has 50 heavy (non-hydrogen) atoms. The Morgan fingerprint density at radius 2 is 1.68 bits per heavy atom. The number of methoxy groups -OCH3 is 1. The van der Waals surface area contributed by atoms with Crippen molar-refractivity contribution in [2.45, 2.75) is 47.9 Å². The number of nitrogens with zero attached hydrogens (tertiary/aromatic N) is 4. The minimum absolute atomic E-state index is 0.0422. The van der Waals surface area contributed by atoms with Gasteiger partial charge in [-0.05, 0) is 54.1 Å². The van der Waals surface area contributed by atoms with Crippen LogP contribution < -0.4 is 9.84 Å². The molecule has 0 radical (unpaired) electrons. The van der Waals surface area contributed by atoms with Gasteiger partial charge in [-0.25, -0.2) is 26.6 Å². The summed E-state index contributed by atoms with van der Waals surface area (Å²) in [7, 11) is 2.83. The van der Waals surface area contributed by atoms with Crippen molar-refractivity contribution in [3.05, 3.63) is 100 Å². The molecule has 0 unspecified atom stereocenters. The average molecular weight is 753 g/mol. The number of quaternary nitrogens is 1. The molecule has 1 aromatic heterocycles. The Hall–Kier alpha value is -3.56. The summed E-state index contributed by atoms with van der Waals surface area (Å²) in [5.74, 6) is -3.85. The van der Waals surface area contributed by atoms with Gasteiger partial charge in [-0.1, -0.05) is 43.3 Å². The van der Waals surface area contributed by atoms with Crippen LogP contribution in [0.15, 0.2) is 70.8 Å². The molecule has 4 aromatic rings. The fourth-order valence-electron chi connectivity index (χ4n) is 5.36. The van der Waals surface area contributed by atoms with Crippen molar-refractivity contribution in [2.24, 2.45) is 0 Å². The van der Waals surface area contributed by atoms with Gasteiger partial charge in [0, 0.05) is 54.3 Å². The Labute approximate surface area is 300 Å². The molecule has 270 valence electrons. The number of halogens is 4. The number of ether oxygens (including phenoxy) is 1. The SMILES string of the molecule is COc1cc(C(C)(C)c2cnc(SCc3c(F)cc(S(=O)(=O)N(CCC[N+](C)(C)C)CCC(=O)[O-])cc3F)n2-c2ccc(F)cc2)ccc1Cl. The quantitative estimate of drug-likeness (QED) is 0.105. The third kappa shape index (κ3) is 9.21. The maximum atomic E-state index is 15.6. The van der Waals surface area contributed by atoms with Crippen LogP contribution in [-0.4, -0.2) is 80.6 Å². The van der Waals surface area contributed by atoms with Crippen molar-refractivity contribution in [2.75, 3.05) is 47.9 Å². The first-order valence-electron chi connectivity index (χ1n) is 15.6. The van der Waals surface area contributed by atoms with E-state index in [9.17, 15) is 22.7 Å². The number of sulfonamides is 1. The lowest BCUT2D eigenvalue weighted by Crippen LogP contribution is -2.40. The normalized spacial score (nSPS) is 12.5. The molecule has 0 saturated carbocycles. The van der Waals surface area contributed by atoms with E-state index in [1.54, 1.807) is 35.0 Å². The summed E-state index contributed by atoms with van der Waals surface area (Å²) in [5.41, 5.74) is 0.981. The Kier molecular flexibility index (Phi) is 12.4. The van der Waals surface area contributed by atoms with E-state index < -0.39 is 56.7 Å². The molecule has 4 rings (SSSR count). The van der Waals surface area contributed by atoms with Crippen molar-refractivity contribution >= 4 is 39.4 Å². The number of aromatic nitrogens is 2. The number of imidazole rings is 1. The van der Waals surface area contributed by atoms with E-state index in [1.165, 1.54) is 19.2 Å². The zero-order chi connectivity index (χ0) is 37.0. The molecule has 9 nitrogen and oxygen atoms in total. The summed E-state index contributed by atoms with van der Waals surface area (Å²) < 4.78 is 80.8. The van der Waals surface area contributed by atoms with Gasteiger partial charge < -0.3 is 19.1 Å². The molecule has 0 bridgehead atoms. The van der Waals surface area contributed by atoms with Gasteiger partial charge in [-0.3, -0.25) is 4.57 Å². The second kappa shape index (κ2) is 15.8. The summed E-state index contributed by atoms with van der Waals surface area (Å²) in [4.78, 5) is 15.1. The summed E-state index contributed by atoms with van der Waals surface area (Å²) in [6.07, 6.45) is 1.45. The fourth-order valence-corrected chi connectivity index (χ4v) is 8.06. The second-order valence-electron chi connectivity index (χ2n) is 13.3. The van der Waals surface area contributed by atoms with Gasteiger partial charge in [-0.15, -0.1) is 0 Å². The van der Waals surface area contributed by atoms with Gasteiger partial charge in [0.05, 0.1) is 56.6 Å². The zero-order valence-electron chi connectivity index (χ0n) is 28.7. The Balaban J connectivity index is 1.67. The van der Waals surface area contributed by atoms with Crippen molar-refractivity contribution in [1.29, 1.82) is 0 Å². The molecule has 0 aliphatic carbocycles. The molecule has 0 N–H and O–H groups in total. The predicted molar refractivity (Wildman–Crippen MR) is 185 cm³/mol. The van der Waals surface area contributed by atoms with Crippen LogP contribution in [0.25, 0.3) is 5.69 Å². The molecule has 0 aliphatic heterocycles. The van der Waals surface area contributed by atoms with Crippen LogP contribution in [0.5, 0.6) is 5.75 Å². The Morgan fingerprint density at radius 3 is 2.26 bits per heavy atom. The molecule has 0 spiro atoms. The van der Waals surface area contributed by atoms with Gasteiger partial charge in [-0.2, -0.15) is 4.31 Å². The zero-order valence-corrected chi connectivity index (χ0v) is 31.1. The van der Waals surface area contributed by atoms with Crippen molar-refractivity contribution < 1.29 is 40.7 Å². The van der Waals surface area contributed by atoms with E-state index >= 15 is 8.78 Å². The molecule has 0 aliphatic rings. The highest BCUT2D eigenvalue weighted by Gasteiger charge is 2.31. The standard InChI is InChI=1S/C35H40ClF3N4O5S2/c1-35(2,23-8-13-28(36)31(18-23)48-6)32-21-40-34(42(32)25-11-9-24(37)10-12-25)49-22-27-29(38)19-26(20-30(27)39)50(46,47)41(16-14-33(44)45)15-7-17-43(3,4)5/h8-13,18-21H,7,14-17,22H2,1-6H3. The third-order valence-corrected chi connectivity index (χ3v) is 11.4. The highest BCUT2D eigenvalue weighted by Crippen LogP contribution is 2.39. The predicted octanol–water partition coefficient (Wildman–Crippen LogP) is 5.80. The third-order valence-electron chi connectivity index (χ3n) is 8.23. The summed E-state index contributed by atoms with van der Waals surface area (Å²) in [6.45, 7) is 4.04. The number of benzene rings is 3. The van der Waals surface area contributed by atoms with Crippen LogP contribution in [-0.2, 0) is 26.0 Å². The number of carbonyl (C=O) groups excluding carboxylic acids is 1. The number of rotatable bonds is 16. The summed E-state index contributed by atoms with van der Waals surface area (Å²) in [5, 5.41) is 11.9. The van der Waals surface area contributed by atoms with Crippen LogP contribution >= 0.6 is 23.4 Å². The lowest BCUT2D eigenvalue weighted by atomic mass is 9.81. The topological polar surface area (TPSA) is 105 Å². The van der Waals surface area contributed by atoms with Gasteiger partial charge in [0.25, 0.3) is 0 Å². The smallest absolute Gasteiger partial charge is 0.243 e. The Bertz CT molecular complexity index is 1930. The first kappa shape index (κ1) is 39.2. The van der Waals surface area contributed by atoms with Crippen molar-refractivity contribution in [1.82, 2.24) is 13.9 Å². The van der Waals surface area contributed by atoms with E-state index in [4.69, 9.17) is 16.3 Å². The highest BCUT2D eigenvalue weighted by molar-refractivity contribution is 7.98. The minimum Gasteiger partial charge on any atom is -0.550 e. The molecule has 0 atom stereocenters. The van der Waals surface area contributed by atoms with Crippen LogP contribution in [0.4, 0.5) is 13.2 Å². The number of carboxylic acid groups (broad SMARTS) is 1. The van der Waals surface area contributed by atoms with Crippen LogP contribution in [0.3, 0.4) is 0 Å². The Morgan fingerprint density at radius 1 is 1.04 bits per heavy atom. The maximum Gasteiger partial charge on any atom is 0.243 e.